The van der Waals surface area contributed by atoms with Gasteiger partial charge in [0.2, 0.25) is 5.91 Å². The van der Waals surface area contributed by atoms with Gasteiger partial charge >= 0.3 is 0 Å². The van der Waals surface area contributed by atoms with Crippen molar-refractivity contribution in [3.8, 4) is 0 Å². The molecule has 0 aromatic rings. The molecule has 1 saturated heterocycles. The van der Waals surface area contributed by atoms with Crippen molar-refractivity contribution in [1.82, 2.24) is 4.90 Å². The average molecular weight is 176 g/mol. The highest BCUT2D eigenvalue weighted by molar-refractivity contribution is 6.18. The number of rotatable bonds is 2. The number of carbonyl (C=O) groups excluding carboxylic acids is 1. The van der Waals surface area contributed by atoms with Gasteiger partial charge in [-0.2, -0.15) is 0 Å². The van der Waals surface area contributed by atoms with Crippen molar-refractivity contribution in [1.29, 1.82) is 0 Å². The summed E-state index contributed by atoms with van der Waals surface area (Å²) in [6.45, 7) is 1.63. The van der Waals surface area contributed by atoms with Gasteiger partial charge in [-0.15, -0.1) is 11.6 Å². The van der Waals surface area contributed by atoms with Crippen molar-refractivity contribution in [3.63, 3.8) is 0 Å². The van der Waals surface area contributed by atoms with E-state index in [-0.39, 0.29) is 5.91 Å². The van der Waals surface area contributed by atoms with Crippen LogP contribution in [0, 0.1) is 0 Å². The first-order valence-electron chi connectivity index (χ1n) is 4.18. The molecule has 0 radical (unpaired) electrons. The van der Waals surface area contributed by atoms with Crippen molar-refractivity contribution in [3.05, 3.63) is 0 Å². The summed E-state index contributed by atoms with van der Waals surface area (Å²) >= 11 is 5.56. The van der Waals surface area contributed by atoms with E-state index in [1.807, 2.05) is 4.90 Å². The molecule has 1 fully saturated rings. The van der Waals surface area contributed by atoms with Crippen LogP contribution in [0.25, 0.3) is 0 Å². The van der Waals surface area contributed by atoms with Gasteiger partial charge in [-0.1, -0.05) is 6.42 Å². The minimum atomic E-state index is 0.281. The SMILES string of the molecule is O=C1CCCCCN1CCCl. The van der Waals surface area contributed by atoms with Crippen LogP contribution in [0.2, 0.25) is 0 Å². The fraction of sp³-hybridized carbons (Fsp3) is 0.875. The first-order chi connectivity index (χ1) is 5.34. The van der Waals surface area contributed by atoms with E-state index in [4.69, 9.17) is 11.6 Å². The van der Waals surface area contributed by atoms with Gasteiger partial charge in [-0.05, 0) is 12.8 Å². The average Bonchev–Trinajstić information content (AvgIpc) is 2.18. The molecule has 1 rings (SSSR count). The van der Waals surface area contributed by atoms with Gasteiger partial charge in [0.05, 0.1) is 0 Å². The summed E-state index contributed by atoms with van der Waals surface area (Å²) < 4.78 is 0. The Bertz CT molecular complexity index is 138. The third-order valence-electron chi connectivity index (χ3n) is 2.03. The lowest BCUT2D eigenvalue weighted by atomic mass is 10.2. The number of hydrogen-bond acceptors (Lipinski definition) is 1. The van der Waals surface area contributed by atoms with Crippen LogP contribution in [0.1, 0.15) is 25.7 Å². The largest absolute Gasteiger partial charge is 0.342 e. The molecule has 1 aliphatic rings. The van der Waals surface area contributed by atoms with Gasteiger partial charge in [-0.3, -0.25) is 4.79 Å². The van der Waals surface area contributed by atoms with E-state index in [0.717, 1.165) is 32.4 Å². The zero-order valence-corrected chi connectivity index (χ0v) is 7.44. The highest BCUT2D eigenvalue weighted by Gasteiger charge is 2.14. The number of amides is 1. The monoisotopic (exact) mass is 175 g/mol. The zero-order valence-electron chi connectivity index (χ0n) is 6.68. The predicted molar refractivity (Wildman–Crippen MR) is 45.8 cm³/mol. The normalized spacial score (nSPS) is 20.1. The van der Waals surface area contributed by atoms with Crippen molar-refractivity contribution < 1.29 is 4.79 Å². The molecule has 0 unspecified atom stereocenters. The molecule has 0 atom stereocenters. The Labute approximate surface area is 72.5 Å². The molecule has 1 amide bonds. The predicted octanol–water partition coefficient (Wildman–Crippen LogP) is 1.63. The third-order valence-corrected chi connectivity index (χ3v) is 2.19. The van der Waals surface area contributed by atoms with Crippen LogP contribution in [0.3, 0.4) is 0 Å². The lowest BCUT2D eigenvalue weighted by Gasteiger charge is -2.18. The summed E-state index contributed by atoms with van der Waals surface area (Å²) in [5.41, 5.74) is 0. The first-order valence-corrected chi connectivity index (χ1v) is 4.72. The summed E-state index contributed by atoms with van der Waals surface area (Å²) in [5, 5.41) is 0. The number of carbonyl (C=O) groups is 1. The maximum Gasteiger partial charge on any atom is 0.222 e. The summed E-state index contributed by atoms with van der Waals surface area (Å²) in [4.78, 5) is 13.1. The Morgan fingerprint density at radius 2 is 2.18 bits per heavy atom. The van der Waals surface area contributed by atoms with Crippen LogP contribution in [0.15, 0.2) is 0 Å². The van der Waals surface area contributed by atoms with E-state index < -0.39 is 0 Å². The number of hydrogen-bond donors (Lipinski definition) is 0. The Balaban J connectivity index is 2.39. The van der Waals surface area contributed by atoms with Crippen LogP contribution in [-0.2, 0) is 4.79 Å². The third kappa shape index (κ3) is 2.70. The maximum atomic E-state index is 11.3. The topological polar surface area (TPSA) is 20.3 Å². The Morgan fingerprint density at radius 3 is 2.91 bits per heavy atom. The second kappa shape index (κ2) is 4.60. The molecule has 11 heavy (non-hydrogen) atoms. The Kier molecular flexibility index (Phi) is 3.70. The van der Waals surface area contributed by atoms with Crippen LogP contribution in [0.5, 0.6) is 0 Å². The number of halogens is 1. The molecule has 0 aromatic carbocycles. The Morgan fingerprint density at radius 1 is 1.36 bits per heavy atom. The fourth-order valence-electron chi connectivity index (χ4n) is 1.38. The van der Waals surface area contributed by atoms with Crippen LogP contribution in [-0.4, -0.2) is 29.8 Å². The Hall–Kier alpha value is -0.240. The highest BCUT2D eigenvalue weighted by Crippen LogP contribution is 2.10. The lowest BCUT2D eigenvalue weighted by Crippen LogP contribution is -2.31. The van der Waals surface area contributed by atoms with Crippen molar-refractivity contribution in [2.24, 2.45) is 0 Å². The molecule has 0 aromatic heterocycles. The standard InChI is InChI=1S/C8H14ClNO/c9-5-7-10-6-3-1-2-4-8(10)11/h1-7H2. The maximum absolute atomic E-state index is 11.3. The summed E-state index contributed by atoms with van der Waals surface area (Å²) in [6.07, 6.45) is 4.10. The molecule has 0 bridgehead atoms. The smallest absolute Gasteiger partial charge is 0.222 e. The number of nitrogens with zero attached hydrogens (tertiary/aromatic N) is 1. The fourth-order valence-corrected chi connectivity index (χ4v) is 1.58. The van der Waals surface area contributed by atoms with E-state index >= 15 is 0 Å². The molecule has 0 saturated carbocycles. The van der Waals surface area contributed by atoms with Crippen molar-refractivity contribution in [2.75, 3.05) is 19.0 Å². The summed E-state index contributed by atoms with van der Waals surface area (Å²) in [5.74, 6) is 0.842. The molecule has 0 spiro atoms. The highest BCUT2D eigenvalue weighted by atomic mass is 35.5. The lowest BCUT2D eigenvalue weighted by molar-refractivity contribution is -0.130. The zero-order chi connectivity index (χ0) is 8.10. The molecule has 1 heterocycles. The van der Waals surface area contributed by atoms with Gasteiger partial charge in [0.1, 0.15) is 0 Å². The minimum Gasteiger partial charge on any atom is -0.342 e. The van der Waals surface area contributed by atoms with Gasteiger partial charge in [0.15, 0.2) is 0 Å². The van der Waals surface area contributed by atoms with E-state index in [1.165, 1.54) is 6.42 Å². The van der Waals surface area contributed by atoms with E-state index in [2.05, 4.69) is 0 Å². The van der Waals surface area contributed by atoms with Crippen LogP contribution < -0.4 is 0 Å². The molecule has 1 aliphatic heterocycles. The first kappa shape index (κ1) is 8.85. The molecule has 2 nitrogen and oxygen atoms in total. The van der Waals surface area contributed by atoms with E-state index in [1.54, 1.807) is 0 Å². The molecule has 0 N–H and O–H groups in total. The van der Waals surface area contributed by atoms with E-state index in [9.17, 15) is 4.79 Å². The second-order valence-corrected chi connectivity index (χ2v) is 3.26. The van der Waals surface area contributed by atoms with Gasteiger partial charge < -0.3 is 4.90 Å². The van der Waals surface area contributed by atoms with Gasteiger partial charge in [0.25, 0.3) is 0 Å². The molecular formula is C8H14ClNO. The van der Waals surface area contributed by atoms with Crippen LogP contribution in [0.4, 0.5) is 0 Å². The number of alkyl halides is 1. The van der Waals surface area contributed by atoms with Gasteiger partial charge in [-0.25, -0.2) is 0 Å². The van der Waals surface area contributed by atoms with Crippen molar-refractivity contribution in [2.45, 2.75) is 25.7 Å². The molecule has 64 valence electrons. The summed E-state index contributed by atoms with van der Waals surface area (Å²) in [7, 11) is 0. The number of likely N-dealkylation sites (tertiary alicyclic amines) is 1. The molecule has 0 aliphatic carbocycles. The molecule has 3 heteroatoms. The quantitative estimate of drug-likeness (QED) is 0.585. The van der Waals surface area contributed by atoms with E-state index in [0.29, 0.717) is 5.88 Å². The van der Waals surface area contributed by atoms with Crippen molar-refractivity contribution >= 4 is 17.5 Å². The molecular weight excluding hydrogens is 162 g/mol. The van der Waals surface area contributed by atoms with Gasteiger partial charge in [0, 0.05) is 25.4 Å². The summed E-state index contributed by atoms with van der Waals surface area (Å²) in [6, 6.07) is 0. The minimum absolute atomic E-state index is 0.281. The second-order valence-electron chi connectivity index (χ2n) is 2.88. The van der Waals surface area contributed by atoms with Crippen LogP contribution >= 0.6 is 11.6 Å².